The number of hydrogen-bond acceptors (Lipinski definition) is 6. The lowest BCUT2D eigenvalue weighted by Gasteiger charge is -2.27. The first-order valence-corrected chi connectivity index (χ1v) is 33.9. The fourth-order valence-corrected chi connectivity index (χ4v) is 9.46. The van der Waals surface area contributed by atoms with Crippen molar-refractivity contribution >= 4 is 19.7 Å². The highest BCUT2D eigenvalue weighted by Gasteiger charge is 2.30. The van der Waals surface area contributed by atoms with Crippen molar-refractivity contribution in [3.63, 3.8) is 0 Å². The number of ether oxygens (including phenoxy) is 1. The summed E-state index contributed by atoms with van der Waals surface area (Å²) in [5.41, 5.74) is 0. The van der Waals surface area contributed by atoms with Crippen LogP contribution in [-0.2, 0) is 27.9 Å². The van der Waals surface area contributed by atoms with Gasteiger partial charge in [0, 0.05) is 12.8 Å². The highest BCUT2D eigenvalue weighted by molar-refractivity contribution is 7.47. The van der Waals surface area contributed by atoms with E-state index in [9.17, 15) is 19.0 Å². The Balaban J connectivity index is 5.18. The van der Waals surface area contributed by atoms with Gasteiger partial charge in [-0.15, -0.1) is 0 Å². The average Bonchev–Trinajstić information content (AvgIpc) is 3.42. The van der Waals surface area contributed by atoms with Gasteiger partial charge in [-0.1, -0.05) is 252 Å². The van der Waals surface area contributed by atoms with E-state index in [1.54, 1.807) is 0 Å². The van der Waals surface area contributed by atoms with Crippen LogP contribution in [0.4, 0.5) is 0 Å². The van der Waals surface area contributed by atoms with Crippen LogP contribution in [0.2, 0.25) is 0 Å². The van der Waals surface area contributed by atoms with Crippen LogP contribution in [-0.4, -0.2) is 74.3 Å². The number of hydrogen-bond donors (Lipinski definition) is 2. The summed E-state index contributed by atoms with van der Waals surface area (Å²) in [5, 5.41) is 3.04. The average molecular weight is 1130 g/mol. The molecule has 0 bridgehead atoms. The lowest BCUT2D eigenvalue weighted by atomic mass is 10.0. The predicted octanol–water partition coefficient (Wildman–Crippen LogP) is 20.3. The second-order valence-corrected chi connectivity index (χ2v) is 24.0. The van der Waals surface area contributed by atoms with Crippen LogP contribution in [0.1, 0.15) is 258 Å². The number of rotatable bonds is 57. The Hall–Kier alpha value is -3.59. The summed E-state index contributed by atoms with van der Waals surface area (Å²) < 4.78 is 30.7. The van der Waals surface area contributed by atoms with E-state index in [1.807, 2.05) is 33.3 Å². The molecular weight excluding hydrogens is 1010 g/mol. The van der Waals surface area contributed by atoms with Gasteiger partial charge in [-0.3, -0.25) is 18.6 Å². The largest absolute Gasteiger partial charge is 0.472 e. The minimum absolute atomic E-state index is 0.0282. The van der Waals surface area contributed by atoms with Gasteiger partial charge >= 0.3 is 13.8 Å². The molecule has 0 saturated carbocycles. The van der Waals surface area contributed by atoms with Crippen LogP contribution in [0.25, 0.3) is 0 Å². The first-order chi connectivity index (χ1) is 38.9. The fourth-order valence-electron chi connectivity index (χ4n) is 8.72. The quantitative estimate of drug-likeness (QED) is 0.0205. The molecular formula is C70H122N2O7P+. The lowest BCUT2D eigenvalue weighted by molar-refractivity contribution is -0.870. The van der Waals surface area contributed by atoms with Crippen LogP contribution in [0.3, 0.4) is 0 Å². The molecule has 3 unspecified atom stereocenters. The smallest absolute Gasteiger partial charge is 0.456 e. The van der Waals surface area contributed by atoms with Crippen LogP contribution in [0, 0.1) is 0 Å². The molecule has 1 amide bonds. The number of allylic oxidation sites excluding steroid dienone is 19. The third-order valence-corrected chi connectivity index (χ3v) is 14.6. The summed E-state index contributed by atoms with van der Waals surface area (Å²) in [5.74, 6) is -0.546. The molecule has 0 radical (unpaired) electrons. The van der Waals surface area contributed by atoms with Gasteiger partial charge in [-0.2, -0.15) is 0 Å². The van der Waals surface area contributed by atoms with Crippen molar-refractivity contribution < 1.29 is 37.3 Å². The van der Waals surface area contributed by atoms with Gasteiger partial charge < -0.3 is 19.4 Å². The Bertz CT molecular complexity index is 1780. The number of nitrogens with one attached hydrogen (secondary N) is 1. The third-order valence-electron chi connectivity index (χ3n) is 13.6. The summed E-state index contributed by atoms with van der Waals surface area (Å²) in [7, 11) is 1.46. The van der Waals surface area contributed by atoms with Crippen molar-refractivity contribution in [2.45, 2.75) is 270 Å². The molecule has 458 valence electrons. The highest BCUT2D eigenvalue weighted by Crippen LogP contribution is 2.43. The normalized spacial score (nSPS) is 14.4. The van der Waals surface area contributed by atoms with E-state index < -0.39 is 20.0 Å². The number of carbonyl (C=O) groups is 2. The Morgan fingerprint density at radius 1 is 0.450 bits per heavy atom. The van der Waals surface area contributed by atoms with Crippen LogP contribution < -0.4 is 5.32 Å². The second kappa shape index (κ2) is 58.6. The van der Waals surface area contributed by atoms with Crippen molar-refractivity contribution in [3.8, 4) is 0 Å². The predicted molar refractivity (Wildman–Crippen MR) is 346 cm³/mol. The second-order valence-electron chi connectivity index (χ2n) is 22.5. The Labute approximate surface area is 493 Å². The standard InChI is InChI=1S/C70H121N2O7P/c1-7-10-13-16-19-22-25-28-30-31-32-33-34-35-36-37-38-39-40-41-42-45-48-51-54-57-60-63-70(74)79-68(61-58-55-52-49-46-43-27-24-21-18-15-12-9-3)67(66-78-80(75,76)77-65-64-72(4,5)6)71-69(73)62-59-56-53-50-47-44-29-26-23-20-17-14-11-8-2/h10-11,13-14,19-20,22-23,28-30,32-33,35-36,38-39,44,58,61,67-68H,7-9,12,15-18,21,24-27,31,34,37,40-43,45-57,59-60,62-66H2,1-6H3,(H-,71,73,75,76)/p+1/b13-10-,14-11+,22-19-,23-20+,30-28-,33-32-,36-35-,39-38-,44-29+,61-58-. The van der Waals surface area contributed by atoms with E-state index in [2.05, 4.69) is 135 Å². The lowest BCUT2D eigenvalue weighted by Crippen LogP contribution is -2.47. The number of phosphoric acid groups is 1. The molecule has 9 nitrogen and oxygen atoms in total. The number of esters is 1. The third kappa shape index (κ3) is 59.0. The monoisotopic (exact) mass is 1130 g/mol. The number of quaternary nitrogens is 1. The van der Waals surface area contributed by atoms with E-state index >= 15 is 0 Å². The zero-order chi connectivity index (χ0) is 58.6. The fraction of sp³-hybridized carbons (Fsp3) is 0.686. The zero-order valence-corrected chi connectivity index (χ0v) is 53.2. The van der Waals surface area contributed by atoms with Gasteiger partial charge in [0.25, 0.3) is 0 Å². The molecule has 0 aromatic heterocycles. The van der Waals surface area contributed by atoms with Crippen molar-refractivity contribution in [2.75, 3.05) is 40.9 Å². The van der Waals surface area contributed by atoms with Gasteiger partial charge in [0.15, 0.2) is 0 Å². The van der Waals surface area contributed by atoms with E-state index in [4.69, 9.17) is 13.8 Å². The molecule has 0 aliphatic carbocycles. The van der Waals surface area contributed by atoms with Crippen LogP contribution >= 0.6 is 7.82 Å². The zero-order valence-electron chi connectivity index (χ0n) is 52.3. The topological polar surface area (TPSA) is 111 Å². The number of carbonyl (C=O) groups excluding carboxylic acids is 2. The molecule has 2 N–H and O–H groups in total. The van der Waals surface area contributed by atoms with Crippen LogP contribution in [0.5, 0.6) is 0 Å². The number of nitrogens with zero attached hydrogens (tertiary/aromatic N) is 1. The minimum Gasteiger partial charge on any atom is -0.456 e. The summed E-state index contributed by atoms with van der Waals surface area (Å²) in [6.07, 6.45) is 82.0. The van der Waals surface area contributed by atoms with Crippen molar-refractivity contribution in [2.24, 2.45) is 0 Å². The molecule has 0 aliphatic heterocycles. The molecule has 0 rings (SSSR count). The Kier molecular flexibility index (Phi) is 56.0. The van der Waals surface area contributed by atoms with E-state index in [-0.39, 0.29) is 31.5 Å². The Morgan fingerprint density at radius 3 is 1.20 bits per heavy atom. The van der Waals surface area contributed by atoms with E-state index in [1.165, 1.54) is 83.5 Å². The Morgan fingerprint density at radius 2 is 0.800 bits per heavy atom. The number of likely N-dealkylation sites (N-methyl/N-ethyl adjacent to an activating group) is 1. The number of phosphoric ester groups is 1. The van der Waals surface area contributed by atoms with Gasteiger partial charge in [0.1, 0.15) is 19.3 Å². The molecule has 80 heavy (non-hydrogen) atoms. The van der Waals surface area contributed by atoms with Crippen molar-refractivity contribution in [1.29, 1.82) is 0 Å². The molecule has 10 heteroatoms. The maximum atomic E-state index is 13.5. The molecule has 0 aromatic rings. The SMILES string of the molecule is CC/C=C\C/C=C\C/C=C\C/C=C\C/C=C\C/C=C\CCCCCCCCCCC(=O)OC(/C=C\CCCCCCCCCCCCC)C(COP(=O)(O)OCC[N+](C)(C)C)NC(=O)CCCCCC/C=C/C/C=C/C/C=C/CC. The van der Waals surface area contributed by atoms with Crippen molar-refractivity contribution in [1.82, 2.24) is 5.32 Å². The van der Waals surface area contributed by atoms with Gasteiger partial charge in [-0.25, -0.2) is 4.57 Å². The first kappa shape index (κ1) is 76.4. The summed E-state index contributed by atoms with van der Waals surface area (Å²) >= 11 is 0. The molecule has 0 spiro atoms. The molecule has 3 atom stereocenters. The molecule has 0 fully saturated rings. The highest BCUT2D eigenvalue weighted by atomic mass is 31.2. The van der Waals surface area contributed by atoms with Gasteiger partial charge in [-0.05, 0) is 115 Å². The van der Waals surface area contributed by atoms with Gasteiger partial charge in [0.05, 0.1) is 33.8 Å². The number of amides is 1. The number of unbranched alkanes of at least 4 members (excludes halogenated alkanes) is 23. The van der Waals surface area contributed by atoms with E-state index in [0.29, 0.717) is 23.9 Å². The molecule has 0 aliphatic rings. The van der Waals surface area contributed by atoms with Crippen LogP contribution in [0.15, 0.2) is 122 Å². The summed E-state index contributed by atoms with van der Waals surface area (Å²) in [6, 6.07) is -0.872. The first-order valence-electron chi connectivity index (χ1n) is 32.4. The van der Waals surface area contributed by atoms with E-state index in [0.717, 1.165) is 135 Å². The molecule has 0 heterocycles. The minimum atomic E-state index is -4.47. The van der Waals surface area contributed by atoms with Crippen molar-refractivity contribution in [3.05, 3.63) is 122 Å². The summed E-state index contributed by atoms with van der Waals surface area (Å²) in [6.45, 7) is 6.75. The van der Waals surface area contributed by atoms with Gasteiger partial charge in [0.2, 0.25) is 5.91 Å². The molecule has 0 saturated heterocycles. The maximum absolute atomic E-state index is 13.5. The molecule has 0 aromatic carbocycles. The summed E-state index contributed by atoms with van der Waals surface area (Å²) in [4.78, 5) is 37.7. The maximum Gasteiger partial charge on any atom is 0.472 e.